The number of hydrogen-bond acceptors (Lipinski definition) is 4. The number of oxime groups is 1. The number of amidine groups is 1. The van der Waals surface area contributed by atoms with Crippen molar-refractivity contribution in [3.05, 3.63) is 29.8 Å². The first-order valence-corrected chi connectivity index (χ1v) is 5.44. The number of amides is 1. The standard InChI is InChI=1S/C11H15FN4O2/c1-2-16(4-3-10(13)15-18)11(17)8-5-9(12)7-14-6-8/h5-7,18H,2-4H2,1H3,(H2,13,15). The van der Waals surface area contributed by atoms with Gasteiger partial charge < -0.3 is 15.8 Å². The summed E-state index contributed by atoms with van der Waals surface area (Å²) in [6.07, 6.45) is 2.58. The molecular weight excluding hydrogens is 239 g/mol. The quantitative estimate of drug-likeness (QED) is 0.352. The molecule has 0 spiro atoms. The molecule has 0 saturated heterocycles. The Bertz CT molecular complexity index is 450. The number of nitrogens with two attached hydrogens (primary N) is 1. The van der Waals surface area contributed by atoms with Crippen LogP contribution in [-0.2, 0) is 0 Å². The summed E-state index contributed by atoms with van der Waals surface area (Å²) in [5.74, 6) is -0.859. The van der Waals surface area contributed by atoms with Crippen molar-refractivity contribution in [2.45, 2.75) is 13.3 Å². The molecule has 1 aromatic heterocycles. The zero-order valence-corrected chi connectivity index (χ0v) is 10.0. The van der Waals surface area contributed by atoms with Crippen LogP contribution in [0.4, 0.5) is 4.39 Å². The summed E-state index contributed by atoms with van der Waals surface area (Å²) in [5, 5.41) is 11.2. The second-order valence-electron chi connectivity index (χ2n) is 3.62. The maximum Gasteiger partial charge on any atom is 0.255 e. The van der Waals surface area contributed by atoms with Crippen molar-refractivity contribution in [1.29, 1.82) is 0 Å². The van der Waals surface area contributed by atoms with Crippen molar-refractivity contribution in [1.82, 2.24) is 9.88 Å². The number of nitrogens with zero attached hydrogens (tertiary/aromatic N) is 3. The van der Waals surface area contributed by atoms with Gasteiger partial charge in [-0.1, -0.05) is 5.16 Å². The summed E-state index contributed by atoms with van der Waals surface area (Å²) in [4.78, 5) is 17.1. The van der Waals surface area contributed by atoms with Gasteiger partial charge in [0.1, 0.15) is 11.7 Å². The lowest BCUT2D eigenvalue weighted by atomic mass is 10.2. The molecule has 3 N–H and O–H groups in total. The highest BCUT2D eigenvalue weighted by Gasteiger charge is 2.15. The van der Waals surface area contributed by atoms with Crippen LogP contribution in [0, 0.1) is 5.82 Å². The average Bonchev–Trinajstić information content (AvgIpc) is 2.38. The van der Waals surface area contributed by atoms with Gasteiger partial charge in [-0.15, -0.1) is 0 Å². The Morgan fingerprint density at radius 1 is 1.61 bits per heavy atom. The van der Waals surface area contributed by atoms with E-state index in [2.05, 4.69) is 10.1 Å². The second kappa shape index (κ2) is 6.53. The van der Waals surface area contributed by atoms with E-state index < -0.39 is 5.82 Å². The normalized spacial score (nSPS) is 11.3. The van der Waals surface area contributed by atoms with E-state index in [0.717, 1.165) is 12.3 Å². The molecule has 0 aliphatic carbocycles. The van der Waals surface area contributed by atoms with Crippen molar-refractivity contribution in [2.24, 2.45) is 10.9 Å². The van der Waals surface area contributed by atoms with E-state index in [9.17, 15) is 9.18 Å². The molecule has 1 heterocycles. The number of pyridine rings is 1. The van der Waals surface area contributed by atoms with Crippen LogP contribution in [0.1, 0.15) is 23.7 Å². The zero-order chi connectivity index (χ0) is 13.5. The lowest BCUT2D eigenvalue weighted by Gasteiger charge is -2.20. The third-order valence-electron chi connectivity index (χ3n) is 2.39. The average molecular weight is 254 g/mol. The van der Waals surface area contributed by atoms with E-state index in [0.29, 0.717) is 13.1 Å². The first-order valence-electron chi connectivity index (χ1n) is 5.44. The van der Waals surface area contributed by atoms with Crippen LogP contribution in [0.25, 0.3) is 0 Å². The van der Waals surface area contributed by atoms with Crippen LogP contribution < -0.4 is 5.73 Å². The highest BCUT2D eigenvalue weighted by molar-refractivity contribution is 5.94. The third kappa shape index (κ3) is 3.69. The van der Waals surface area contributed by atoms with E-state index in [1.54, 1.807) is 6.92 Å². The van der Waals surface area contributed by atoms with Crippen molar-refractivity contribution < 1.29 is 14.4 Å². The maximum absolute atomic E-state index is 13.0. The fourth-order valence-electron chi connectivity index (χ4n) is 1.41. The monoisotopic (exact) mass is 254 g/mol. The molecule has 1 rings (SSSR count). The van der Waals surface area contributed by atoms with Crippen LogP contribution >= 0.6 is 0 Å². The summed E-state index contributed by atoms with van der Waals surface area (Å²) in [6, 6.07) is 1.13. The highest BCUT2D eigenvalue weighted by atomic mass is 19.1. The molecule has 7 heteroatoms. The predicted molar refractivity (Wildman–Crippen MR) is 63.8 cm³/mol. The van der Waals surface area contributed by atoms with Crippen LogP contribution in [0.5, 0.6) is 0 Å². The molecule has 0 fully saturated rings. The Morgan fingerprint density at radius 3 is 2.89 bits per heavy atom. The Labute approximate surface area is 104 Å². The Hall–Kier alpha value is -2.18. The molecule has 98 valence electrons. The first kappa shape index (κ1) is 13.9. The van der Waals surface area contributed by atoms with E-state index >= 15 is 0 Å². The van der Waals surface area contributed by atoms with Gasteiger partial charge in [-0.3, -0.25) is 9.78 Å². The molecule has 0 unspecified atom stereocenters. The largest absolute Gasteiger partial charge is 0.409 e. The molecule has 6 nitrogen and oxygen atoms in total. The highest BCUT2D eigenvalue weighted by Crippen LogP contribution is 2.06. The number of carbonyl (C=O) groups is 1. The van der Waals surface area contributed by atoms with Gasteiger partial charge in [-0.05, 0) is 13.0 Å². The number of halogens is 1. The van der Waals surface area contributed by atoms with Crippen molar-refractivity contribution in [2.75, 3.05) is 13.1 Å². The second-order valence-corrected chi connectivity index (χ2v) is 3.62. The molecule has 0 aliphatic rings. The molecule has 0 saturated carbocycles. The minimum Gasteiger partial charge on any atom is -0.409 e. The minimum atomic E-state index is -0.562. The number of carbonyl (C=O) groups excluding carboxylic acids is 1. The molecule has 0 radical (unpaired) electrons. The van der Waals surface area contributed by atoms with E-state index in [-0.39, 0.29) is 23.7 Å². The topological polar surface area (TPSA) is 91.8 Å². The lowest BCUT2D eigenvalue weighted by molar-refractivity contribution is 0.0767. The zero-order valence-electron chi connectivity index (χ0n) is 10.0. The fraction of sp³-hybridized carbons (Fsp3) is 0.364. The molecule has 0 aliphatic heterocycles. The number of rotatable bonds is 5. The molecule has 0 atom stereocenters. The minimum absolute atomic E-state index is 0.0404. The smallest absolute Gasteiger partial charge is 0.255 e. The first-order chi connectivity index (χ1) is 8.58. The van der Waals surface area contributed by atoms with Gasteiger partial charge >= 0.3 is 0 Å². The maximum atomic E-state index is 13.0. The summed E-state index contributed by atoms with van der Waals surface area (Å²) >= 11 is 0. The molecule has 18 heavy (non-hydrogen) atoms. The van der Waals surface area contributed by atoms with Gasteiger partial charge in [0.05, 0.1) is 11.8 Å². The van der Waals surface area contributed by atoms with Gasteiger partial charge in [0.15, 0.2) is 0 Å². The molecule has 1 amide bonds. The van der Waals surface area contributed by atoms with E-state index in [1.807, 2.05) is 0 Å². The third-order valence-corrected chi connectivity index (χ3v) is 2.39. The van der Waals surface area contributed by atoms with Crippen molar-refractivity contribution in [3.8, 4) is 0 Å². The predicted octanol–water partition coefficient (Wildman–Crippen LogP) is 0.819. The van der Waals surface area contributed by atoms with E-state index in [1.165, 1.54) is 11.1 Å². The SMILES string of the molecule is CCN(CC/C(N)=N/O)C(=O)c1cncc(F)c1. The fourth-order valence-corrected chi connectivity index (χ4v) is 1.41. The summed E-state index contributed by atoms with van der Waals surface area (Å²) < 4.78 is 13.0. The van der Waals surface area contributed by atoms with Crippen LogP contribution in [0.15, 0.2) is 23.6 Å². The van der Waals surface area contributed by atoms with Gasteiger partial charge in [0.25, 0.3) is 5.91 Å². The Morgan fingerprint density at radius 2 is 2.33 bits per heavy atom. The molecule has 1 aromatic rings. The Balaban J connectivity index is 2.73. The number of aromatic nitrogens is 1. The van der Waals surface area contributed by atoms with Crippen LogP contribution in [0.2, 0.25) is 0 Å². The van der Waals surface area contributed by atoms with Crippen LogP contribution in [0.3, 0.4) is 0 Å². The molecule has 0 bridgehead atoms. The Kier molecular flexibility index (Phi) is 5.04. The van der Waals surface area contributed by atoms with Gasteiger partial charge in [-0.25, -0.2) is 4.39 Å². The van der Waals surface area contributed by atoms with E-state index in [4.69, 9.17) is 10.9 Å². The van der Waals surface area contributed by atoms with Crippen LogP contribution in [-0.4, -0.2) is 39.9 Å². The lowest BCUT2D eigenvalue weighted by Crippen LogP contribution is -2.34. The summed E-state index contributed by atoms with van der Waals surface area (Å²) in [5.41, 5.74) is 5.51. The van der Waals surface area contributed by atoms with Crippen molar-refractivity contribution in [3.63, 3.8) is 0 Å². The molecule has 0 aromatic carbocycles. The van der Waals surface area contributed by atoms with Gasteiger partial charge in [-0.2, -0.15) is 0 Å². The van der Waals surface area contributed by atoms with Gasteiger partial charge in [0, 0.05) is 25.7 Å². The van der Waals surface area contributed by atoms with Crippen molar-refractivity contribution >= 4 is 11.7 Å². The van der Waals surface area contributed by atoms with Gasteiger partial charge in [0.2, 0.25) is 0 Å². The number of hydrogen-bond donors (Lipinski definition) is 2. The molecular formula is C11H15FN4O2. The summed E-state index contributed by atoms with van der Waals surface area (Å²) in [6.45, 7) is 2.52. The summed E-state index contributed by atoms with van der Waals surface area (Å²) in [7, 11) is 0.